The van der Waals surface area contributed by atoms with E-state index < -0.39 is 0 Å². The molecule has 3 rings (SSSR count). The van der Waals surface area contributed by atoms with Crippen molar-refractivity contribution in [3.63, 3.8) is 0 Å². The maximum Gasteiger partial charge on any atom is 0.0681 e. The summed E-state index contributed by atoms with van der Waals surface area (Å²) in [4.78, 5) is 10.4. The van der Waals surface area contributed by atoms with Gasteiger partial charge in [0.15, 0.2) is 0 Å². The van der Waals surface area contributed by atoms with Crippen LogP contribution in [0.5, 0.6) is 0 Å². The first kappa shape index (κ1) is 17.7. The third-order valence-corrected chi connectivity index (χ3v) is 4.00. The summed E-state index contributed by atoms with van der Waals surface area (Å²) in [7, 11) is 4.21. The van der Waals surface area contributed by atoms with Crippen LogP contribution in [-0.4, -0.2) is 42.1 Å². The van der Waals surface area contributed by atoms with E-state index in [4.69, 9.17) is 4.98 Å². The van der Waals surface area contributed by atoms with E-state index in [9.17, 15) is 0 Å². The number of benzene rings is 1. The molecule has 0 aliphatic carbocycles. The topological polar surface area (TPSA) is 44.0 Å². The van der Waals surface area contributed by atoms with Gasteiger partial charge >= 0.3 is 0 Å². The standard InChI is InChI=1S/C18H24N4.ClH/c1-13-18-16(15-7-4-5-8-17(15)21-18)11-14(20-13)12-19-9-6-10-22(2)3;/h4-5,7-8,11,19,21H,6,9-10,12H2,1-3H3;1H. The van der Waals surface area contributed by atoms with Gasteiger partial charge in [-0.3, -0.25) is 4.98 Å². The zero-order chi connectivity index (χ0) is 15.5. The van der Waals surface area contributed by atoms with Crippen LogP contribution >= 0.6 is 12.4 Å². The fourth-order valence-electron chi connectivity index (χ4n) is 2.90. The van der Waals surface area contributed by atoms with Crippen molar-refractivity contribution in [2.45, 2.75) is 19.9 Å². The average Bonchev–Trinajstić information content (AvgIpc) is 2.86. The first-order valence-electron chi connectivity index (χ1n) is 7.87. The highest BCUT2D eigenvalue weighted by Gasteiger charge is 2.08. The summed E-state index contributed by atoms with van der Waals surface area (Å²) in [5, 5.41) is 6.04. The van der Waals surface area contributed by atoms with Crippen LogP contribution in [0.3, 0.4) is 0 Å². The summed E-state index contributed by atoms with van der Waals surface area (Å²) in [5.74, 6) is 0. The number of aromatic amines is 1. The lowest BCUT2D eigenvalue weighted by Crippen LogP contribution is -2.21. The fourth-order valence-corrected chi connectivity index (χ4v) is 2.90. The number of H-pyrrole nitrogens is 1. The molecule has 0 aliphatic rings. The minimum Gasteiger partial charge on any atom is -0.353 e. The molecular formula is C18H25ClN4. The molecule has 0 aliphatic heterocycles. The number of hydrogen-bond donors (Lipinski definition) is 2. The van der Waals surface area contributed by atoms with Crippen LogP contribution in [0.2, 0.25) is 0 Å². The smallest absolute Gasteiger partial charge is 0.0681 e. The molecular weight excluding hydrogens is 308 g/mol. The highest BCUT2D eigenvalue weighted by Crippen LogP contribution is 2.27. The summed E-state index contributed by atoms with van der Waals surface area (Å²) in [6.45, 7) is 5.03. The number of para-hydroxylation sites is 1. The molecule has 23 heavy (non-hydrogen) atoms. The van der Waals surface area contributed by atoms with E-state index in [0.717, 1.165) is 43.0 Å². The second-order valence-corrected chi connectivity index (χ2v) is 6.13. The van der Waals surface area contributed by atoms with Gasteiger partial charge in [-0.1, -0.05) is 18.2 Å². The summed E-state index contributed by atoms with van der Waals surface area (Å²) in [5.41, 5.74) is 4.51. The lowest BCUT2D eigenvalue weighted by atomic mass is 10.1. The number of nitrogens with zero attached hydrogens (tertiary/aromatic N) is 2. The molecule has 0 saturated heterocycles. The lowest BCUT2D eigenvalue weighted by molar-refractivity contribution is 0.394. The molecule has 2 heterocycles. The minimum atomic E-state index is 0. The maximum absolute atomic E-state index is 4.73. The van der Waals surface area contributed by atoms with Crippen molar-refractivity contribution in [2.24, 2.45) is 0 Å². The highest BCUT2D eigenvalue weighted by molar-refractivity contribution is 6.07. The van der Waals surface area contributed by atoms with E-state index >= 15 is 0 Å². The Bertz CT molecular complexity index is 779. The second kappa shape index (κ2) is 7.77. The summed E-state index contributed by atoms with van der Waals surface area (Å²) in [6.07, 6.45) is 1.15. The first-order valence-corrected chi connectivity index (χ1v) is 7.87. The molecule has 1 aromatic carbocycles. The Kier molecular flexibility index (Phi) is 5.99. The molecule has 2 aromatic heterocycles. The number of aryl methyl sites for hydroxylation is 1. The number of aromatic nitrogens is 2. The average molecular weight is 333 g/mol. The lowest BCUT2D eigenvalue weighted by Gasteiger charge is -2.10. The molecule has 4 nitrogen and oxygen atoms in total. The van der Waals surface area contributed by atoms with Gasteiger partial charge in [0.2, 0.25) is 0 Å². The molecule has 0 spiro atoms. The van der Waals surface area contributed by atoms with Crippen molar-refractivity contribution in [3.05, 3.63) is 41.7 Å². The predicted molar refractivity (Wildman–Crippen MR) is 100 cm³/mol. The fraction of sp³-hybridized carbons (Fsp3) is 0.389. The normalized spacial score (nSPS) is 11.3. The highest BCUT2D eigenvalue weighted by atomic mass is 35.5. The monoisotopic (exact) mass is 332 g/mol. The molecule has 0 fully saturated rings. The molecule has 0 radical (unpaired) electrons. The van der Waals surface area contributed by atoms with E-state index in [0.29, 0.717) is 0 Å². The molecule has 0 atom stereocenters. The molecule has 0 amide bonds. The number of nitrogens with one attached hydrogen (secondary N) is 2. The SMILES string of the molecule is Cc1nc(CNCCCN(C)C)cc2c1[nH]c1ccccc12.Cl. The third-order valence-electron chi connectivity index (χ3n) is 4.00. The van der Waals surface area contributed by atoms with Crippen LogP contribution in [0.15, 0.2) is 30.3 Å². The zero-order valence-corrected chi connectivity index (χ0v) is 14.8. The number of fused-ring (bicyclic) bond motifs is 3. The van der Waals surface area contributed by atoms with Gasteiger partial charge in [-0.2, -0.15) is 0 Å². The maximum atomic E-state index is 4.73. The Morgan fingerprint density at radius 1 is 1.17 bits per heavy atom. The van der Waals surface area contributed by atoms with Gasteiger partial charge in [0.05, 0.1) is 16.9 Å². The van der Waals surface area contributed by atoms with Crippen molar-refractivity contribution >= 4 is 34.2 Å². The largest absolute Gasteiger partial charge is 0.353 e. The van der Waals surface area contributed by atoms with Crippen molar-refractivity contribution in [2.75, 3.05) is 27.2 Å². The van der Waals surface area contributed by atoms with Crippen LogP contribution < -0.4 is 5.32 Å². The predicted octanol–water partition coefficient (Wildman–Crippen LogP) is 3.49. The molecule has 124 valence electrons. The van der Waals surface area contributed by atoms with Gasteiger partial charge in [-0.15, -0.1) is 12.4 Å². The Labute approximate surface area is 143 Å². The number of pyridine rings is 1. The van der Waals surface area contributed by atoms with Crippen LogP contribution in [0.1, 0.15) is 17.8 Å². The third kappa shape index (κ3) is 4.02. The van der Waals surface area contributed by atoms with Crippen molar-refractivity contribution in [1.82, 2.24) is 20.2 Å². The molecule has 5 heteroatoms. The van der Waals surface area contributed by atoms with E-state index in [-0.39, 0.29) is 12.4 Å². The van der Waals surface area contributed by atoms with Crippen LogP contribution in [-0.2, 0) is 6.54 Å². The van der Waals surface area contributed by atoms with Gasteiger partial charge < -0.3 is 15.2 Å². The van der Waals surface area contributed by atoms with E-state index in [1.165, 1.54) is 16.3 Å². The van der Waals surface area contributed by atoms with Crippen LogP contribution in [0.25, 0.3) is 21.8 Å². The molecule has 0 unspecified atom stereocenters. The number of rotatable bonds is 6. The Morgan fingerprint density at radius 2 is 1.96 bits per heavy atom. The van der Waals surface area contributed by atoms with E-state index in [1.807, 2.05) is 0 Å². The van der Waals surface area contributed by atoms with Crippen molar-refractivity contribution in [1.29, 1.82) is 0 Å². The van der Waals surface area contributed by atoms with Gasteiger partial charge in [0.1, 0.15) is 0 Å². The van der Waals surface area contributed by atoms with Crippen LogP contribution in [0.4, 0.5) is 0 Å². The van der Waals surface area contributed by atoms with Crippen molar-refractivity contribution in [3.8, 4) is 0 Å². The van der Waals surface area contributed by atoms with Gasteiger partial charge in [-0.25, -0.2) is 0 Å². The van der Waals surface area contributed by atoms with E-state index in [2.05, 4.69) is 66.6 Å². The van der Waals surface area contributed by atoms with E-state index in [1.54, 1.807) is 0 Å². The minimum absolute atomic E-state index is 0. The quantitative estimate of drug-likeness (QED) is 0.679. The van der Waals surface area contributed by atoms with Crippen molar-refractivity contribution < 1.29 is 0 Å². The summed E-state index contributed by atoms with van der Waals surface area (Å²) < 4.78 is 0. The molecule has 2 N–H and O–H groups in total. The zero-order valence-electron chi connectivity index (χ0n) is 14.0. The first-order chi connectivity index (χ1) is 10.6. The summed E-state index contributed by atoms with van der Waals surface area (Å²) in [6, 6.07) is 10.6. The number of hydrogen-bond acceptors (Lipinski definition) is 3. The van der Waals surface area contributed by atoms with Gasteiger partial charge in [-0.05, 0) is 52.7 Å². The summed E-state index contributed by atoms with van der Waals surface area (Å²) >= 11 is 0. The molecule has 0 saturated carbocycles. The Hall–Kier alpha value is -1.62. The molecule has 3 aromatic rings. The van der Waals surface area contributed by atoms with Crippen LogP contribution in [0, 0.1) is 6.92 Å². The number of halogens is 1. The van der Waals surface area contributed by atoms with Gasteiger partial charge in [0.25, 0.3) is 0 Å². The Balaban J connectivity index is 0.00000192. The Morgan fingerprint density at radius 3 is 2.74 bits per heavy atom. The van der Waals surface area contributed by atoms with Gasteiger partial charge in [0, 0.05) is 22.8 Å². The molecule has 0 bridgehead atoms. The second-order valence-electron chi connectivity index (χ2n) is 6.13.